The second-order valence-electron chi connectivity index (χ2n) is 3.96. The SMILES string of the molecule is Cc1cc(Cn2nc(C(F)(F)F)c(N=O)c2C)no1. The minimum atomic E-state index is -4.72. The molecule has 0 amide bonds. The van der Waals surface area contributed by atoms with Crippen LogP contribution in [0.4, 0.5) is 18.9 Å². The monoisotopic (exact) mass is 274 g/mol. The molecule has 19 heavy (non-hydrogen) atoms. The van der Waals surface area contributed by atoms with Crippen molar-refractivity contribution in [1.82, 2.24) is 14.9 Å². The first-order valence-electron chi connectivity index (χ1n) is 5.23. The molecule has 0 aliphatic rings. The Balaban J connectivity index is 2.42. The Morgan fingerprint density at radius 2 is 2.11 bits per heavy atom. The predicted molar refractivity (Wildman–Crippen MR) is 57.8 cm³/mol. The maximum atomic E-state index is 12.7. The van der Waals surface area contributed by atoms with Crippen LogP contribution < -0.4 is 0 Å². The Kier molecular flexibility index (Phi) is 3.13. The molecule has 2 aromatic rings. The van der Waals surface area contributed by atoms with Crippen molar-refractivity contribution in [1.29, 1.82) is 0 Å². The third-order valence-electron chi connectivity index (χ3n) is 2.52. The van der Waals surface area contributed by atoms with Gasteiger partial charge in [0.15, 0.2) is 11.4 Å². The average Bonchev–Trinajstić information content (AvgIpc) is 2.84. The number of rotatable bonds is 3. The lowest BCUT2D eigenvalue weighted by molar-refractivity contribution is -0.140. The van der Waals surface area contributed by atoms with Crippen LogP contribution in [-0.4, -0.2) is 14.9 Å². The average molecular weight is 274 g/mol. The van der Waals surface area contributed by atoms with Gasteiger partial charge in [0.25, 0.3) is 0 Å². The molecule has 0 bridgehead atoms. The van der Waals surface area contributed by atoms with Crippen LogP contribution in [-0.2, 0) is 12.7 Å². The fraction of sp³-hybridized carbons (Fsp3) is 0.400. The van der Waals surface area contributed by atoms with Crippen LogP contribution >= 0.6 is 0 Å². The summed E-state index contributed by atoms with van der Waals surface area (Å²) in [7, 11) is 0. The minimum Gasteiger partial charge on any atom is -0.361 e. The summed E-state index contributed by atoms with van der Waals surface area (Å²) in [5.74, 6) is 0.532. The van der Waals surface area contributed by atoms with Gasteiger partial charge in [-0.1, -0.05) is 5.16 Å². The third kappa shape index (κ3) is 2.49. The molecule has 0 saturated carbocycles. The van der Waals surface area contributed by atoms with Gasteiger partial charge < -0.3 is 4.52 Å². The predicted octanol–water partition coefficient (Wildman–Crippen LogP) is 2.95. The fourth-order valence-electron chi connectivity index (χ4n) is 1.64. The van der Waals surface area contributed by atoms with Crippen LogP contribution in [0, 0.1) is 18.8 Å². The molecular formula is C10H9F3N4O2. The van der Waals surface area contributed by atoms with E-state index in [0.717, 1.165) is 4.68 Å². The van der Waals surface area contributed by atoms with Crippen molar-refractivity contribution >= 4 is 5.69 Å². The van der Waals surface area contributed by atoms with Crippen molar-refractivity contribution < 1.29 is 17.7 Å². The fourth-order valence-corrected chi connectivity index (χ4v) is 1.64. The molecule has 0 atom stereocenters. The molecule has 0 aromatic carbocycles. The number of hydrogen-bond donors (Lipinski definition) is 0. The Morgan fingerprint density at radius 1 is 1.42 bits per heavy atom. The Hall–Kier alpha value is -2.19. The molecule has 0 aliphatic heterocycles. The lowest BCUT2D eigenvalue weighted by Gasteiger charge is -2.01. The normalized spacial score (nSPS) is 11.8. The number of aromatic nitrogens is 3. The first-order valence-corrected chi connectivity index (χ1v) is 5.23. The van der Waals surface area contributed by atoms with E-state index >= 15 is 0 Å². The summed E-state index contributed by atoms with van der Waals surface area (Å²) in [4.78, 5) is 10.5. The van der Waals surface area contributed by atoms with Crippen LogP contribution in [0.3, 0.4) is 0 Å². The summed E-state index contributed by atoms with van der Waals surface area (Å²) in [5.41, 5.74) is -1.55. The van der Waals surface area contributed by atoms with Crippen molar-refractivity contribution in [3.8, 4) is 0 Å². The molecule has 9 heteroatoms. The molecule has 0 radical (unpaired) electrons. The highest BCUT2D eigenvalue weighted by atomic mass is 19.4. The van der Waals surface area contributed by atoms with Crippen molar-refractivity contribution in [2.45, 2.75) is 26.6 Å². The van der Waals surface area contributed by atoms with Gasteiger partial charge in [0, 0.05) is 6.07 Å². The number of aryl methyl sites for hydroxylation is 1. The second kappa shape index (κ2) is 4.48. The minimum absolute atomic E-state index is 0.0260. The van der Waals surface area contributed by atoms with E-state index in [-0.39, 0.29) is 12.2 Å². The van der Waals surface area contributed by atoms with Gasteiger partial charge in [0.05, 0.1) is 12.2 Å². The first kappa shape index (κ1) is 13.2. The van der Waals surface area contributed by atoms with Crippen LogP contribution in [0.25, 0.3) is 0 Å². The highest BCUT2D eigenvalue weighted by Gasteiger charge is 2.39. The van der Waals surface area contributed by atoms with E-state index in [1.807, 2.05) is 0 Å². The molecule has 0 saturated heterocycles. The molecule has 0 aliphatic carbocycles. The standard InChI is InChI=1S/C10H9F3N4O2/c1-5-3-7(16-19-5)4-17-6(2)8(15-18)9(14-17)10(11,12)13/h3H,4H2,1-2H3. The lowest BCUT2D eigenvalue weighted by Crippen LogP contribution is -2.09. The molecule has 0 spiro atoms. The summed E-state index contributed by atoms with van der Waals surface area (Å²) in [6.45, 7) is 2.97. The first-order chi connectivity index (χ1) is 8.82. The van der Waals surface area contributed by atoms with E-state index in [0.29, 0.717) is 11.5 Å². The van der Waals surface area contributed by atoms with Crippen LogP contribution in [0.2, 0.25) is 0 Å². The molecule has 0 unspecified atom stereocenters. The van der Waals surface area contributed by atoms with E-state index in [2.05, 4.69) is 15.4 Å². The van der Waals surface area contributed by atoms with Gasteiger partial charge in [-0.3, -0.25) is 4.68 Å². The Labute approximate surface area is 105 Å². The van der Waals surface area contributed by atoms with E-state index in [1.54, 1.807) is 13.0 Å². The maximum absolute atomic E-state index is 12.7. The van der Waals surface area contributed by atoms with Crippen LogP contribution in [0.15, 0.2) is 15.8 Å². The summed E-state index contributed by atoms with van der Waals surface area (Å²) in [6.07, 6.45) is -4.72. The molecule has 6 nitrogen and oxygen atoms in total. The number of nitrogens with zero attached hydrogens (tertiary/aromatic N) is 4. The maximum Gasteiger partial charge on any atom is 0.437 e. The highest BCUT2D eigenvalue weighted by molar-refractivity contribution is 5.48. The molecular weight excluding hydrogens is 265 g/mol. The number of hydrogen-bond acceptors (Lipinski definition) is 5. The van der Waals surface area contributed by atoms with Crippen LogP contribution in [0.5, 0.6) is 0 Å². The van der Waals surface area contributed by atoms with E-state index in [9.17, 15) is 18.1 Å². The second-order valence-corrected chi connectivity index (χ2v) is 3.96. The third-order valence-corrected chi connectivity index (χ3v) is 2.52. The van der Waals surface area contributed by atoms with Gasteiger partial charge in [0.2, 0.25) is 0 Å². The largest absolute Gasteiger partial charge is 0.437 e. The number of alkyl halides is 3. The number of halogens is 3. The Bertz CT molecular complexity index is 615. The van der Waals surface area contributed by atoms with E-state index in [4.69, 9.17) is 4.52 Å². The summed E-state index contributed by atoms with van der Waals surface area (Å²) in [6, 6.07) is 1.57. The molecule has 0 N–H and O–H groups in total. The lowest BCUT2D eigenvalue weighted by atomic mass is 10.3. The topological polar surface area (TPSA) is 73.3 Å². The zero-order valence-corrected chi connectivity index (χ0v) is 10.0. The molecule has 2 aromatic heterocycles. The van der Waals surface area contributed by atoms with Crippen molar-refractivity contribution in [2.24, 2.45) is 5.18 Å². The van der Waals surface area contributed by atoms with Crippen molar-refractivity contribution in [2.75, 3.05) is 0 Å². The highest BCUT2D eigenvalue weighted by Crippen LogP contribution is 2.37. The zero-order valence-electron chi connectivity index (χ0n) is 10.0. The van der Waals surface area contributed by atoms with Gasteiger partial charge in [-0.15, -0.1) is 4.91 Å². The summed E-state index contributed by atoms with van der Waals surface area (Å²) < 4.78 is 43.8. The quantitative estimate of drug-likeness (QED) is 0.806. The summed E-state index contributed by atoms with van der Waals surface area (Å²) >= 11 is 0. The Morgan fingerprint density at radius 3 is 2.53 bits per heavy atom. The van der Waals surface area contributed by atoms with Gasteiger partial charge in [-0.05, 0) is 19.0 Å². The smallest absolute Gasteiger partial charge is 0.361 e. The van der Waals surface area contributed by atoms with Crippen molar-refractivity contribution in [3.63, 3.8) is 0 Å². The number of nitroso groups, excluding NO2 is 1. The molecule has 102 valence electrons. The van der Waals surface area contributed by atoms with E-state index < -0.39 is 17.6 Å². The molecule has 2 heterocycles. The molecule has 0 fully saturated rings. The molecule has 2 rings (SSSR count). The van der Waals surface area contributed by atoms with Gasteiger partial charge in [-0.2, -0.15) is 18.3 Å². The zero-order chi connectivity index (χ0) is 14.2. The van der Waals surface area contributed by atoms with Gasteiger partial charge in [0.1, 0.15) is 11.5 Å². The van der Waals surface area contributed by atoms with Crippen LogP contribution in [0.1, 0.15) is 22.8 Å². The van der Waals surface area contributed by atoms with Gasteiger partial charge in [-0.25, -0.2) is 0 Å². The summed E-state index contributed by atoms with van der Waals surface area (Å²) in [5, 5.41) is 9.43. The van der Waals surface area contributed by atoms with Gasteiger partial charge >= 0.3 is 6.18 Å². The van der Waals surface area contributed by atoms with Crippen molar-refractivity contribution in [3.05, 3.63) is 33.8 Å². The van der Waals surface area contributed by atoms with E-state index in [1.165, 1.54) is 6.92 Å².